The van der Waals surface area contributed by atoms with Crippen molar-refractivity contribution in [3.05, 3.63) is 105 Å². The molecule has 27 heteroatoms. The van der Waals surface area contributed by atoms with E-state index < -0.39 is 94.3 Å². The fraction of sp³-hybridized carbons (Fsp3) is 0.436. The number of esters is 1. The number of anilines is 1. The minimum atomic E-state index is -5.49. The number of rotatable bonds is 13. The highest BCUT2D eigenvalue weighted by Gasteiger charge is 2.54. The molecule has 6 heterocycles. The zero-order valence-electron chi connectivity index (χ0n) is 35.3. The Morgan fingerprint density at radius 1 is 0.894 bits per heavy atom. The van der Waals surface area contributed by atoms with E-state index in [1.807, 2.05) is 4.98 Å². The van der Waals surface area contributed by atoms with E-state index in [9.17, 15) is 28.4 Å². The van der Waals surface area contributed by atoms with Gasteiger partial charge in [-0.2, -0.15) is 0 Å². The Hall–Kier alpha value is -4.91. The van der Waals surface area contributed by atoms with Gasteiger partial charge in [-0.3, -0.25) is 32.5 Å². The molecule has 3 aliphatic heterocycles. The number of alkyl halides is 2. The summed E-state index contributed by atoms with van der Waals surface area (Å²) in [6, 6.07) is 13.6. The van der Waals surface area contributed by atoms with Gasteiger partial charge < -0.3 is 44.8 Å². The number of phosphoric acid groups is 1. The number of aromatic nitrogens is 6. The number of carbonyl (C=O) groups is 1. The Bertz CT molecular complexity index is 2700. The highest BCUT2D eigenvalue weighted by molar-refractivity contribution is 8.54. The number of imidazole rings is 1. The number of nitrogens with zero attached hydrogens (tertiary/aromatic N) is 5. The molecule has 66 heavy (non-hydrogen) atoms. The third-order valence-electron chi connectivity index (χ3n) is 10.5. The molecule has 0 saturated carbocycles. The number of unbranched alkanes of at least 4 members (excludes halogenated alkanes) is 3. The zero-order valence-corrected chi connectivity index (χ0v) is 37.9. The Kier molecular flexibility index (Phi) is 15.6. The quantitative estimate of drug-likeness (QED) is 0.0582. The number of aromatic amines is 1. The van der Waals surface area contributed by atoms with Crippen molar-refractivity contribution in [3.63, 3.8) is 0 Å². The lowest BCUT2D eigenvalue weighted by molar-refractivity contribution is -0.235. The first kappa shape index (κ1) is 49.0. The number of nitrogen functional groups attached to an aromatic ring is 1. The highest BCUT2D eigenvalue weighted by Crippen LogP contribution is 2.64. The van der Waals surface area contributed by atoms with Crippen LogP contribution in [0.1, 0.15) is 61.0 Å². The van der Waals surface area contributed by atoms with Gasteiger partial charge in [-0.1, -0.05) is 38.3 Å². The number of phosphoric ester groups is 1. The van der Waals surface area contributed by atoms with Gasteiger partial charge in [-0.15, -0.1) is 0 Å². The second kappa shape index (κ2) is 20.9. The summed E-state index contributed by atoms with van der Waals surface area (Å²) in [4.78, 5) is 64.6. The molecular weight excluding hydrogens is 936 g/mol. The molecule has 0 aliphatic carbocycles. The number of fused-ring (bicyclic) bond motifs is 3. The maximum Gasteiger partial charge on any atom is 0.389 e. The third kappa shape index (κ3) is 11.1. The summed E-state index contributed by atoms with van der Waals surface area (Å²) >= 11 is 0.580. The highest BCUT2D eigenvalue weighted by atomic mass is 32.7. The van der Waals surface area contributed by atoms with Gasteiger partial charge >= 0.3 is 18.5 Å². The van der Waals surface area contributed by atoms with Crippen molar-refractivity contribution in [1.82, 2.24) is 35.2 Å². The van der Waals surface area contributed by atoms with Crippen LogP contribution in [0, 0.1) is 0 Å². The van der Waals surface area contributed by atoms with Gasteiger partial charge in [0.25, 0.3) is 13.4 Å². The Balaban J connectivity index is 0.00000648. The van der Waals surface area contributed by atoms with E-state index >= 15 is 8.78 Å². The van der Waals surface area contributed by atoms with Crippen LogP contribution in [-0.2, 0) is 42.5 Å². The SMILES string of the molecule is CCCCCCOc1ccc(C(=O)Oc2ccc(CSP3(=O)OC[C@H]4O[C@@H](n5cnc6c(N)ncnc65)[C@H](F)[C@@H]4OP(=O)([O-])OC[C@H]4O[C@@H](n5ccc(=O)[nH]c5=O)[C@H](F)[C@@H]4O3)cc2)cc1.[NH4+]. The monoisotopic (exact) mass is 982 g/mol. The largest absolute Gasteiger partial charge is 0.756 e. The Morgan fingerprint density at radius 2 is 1.56 bits per heavy atom. The van der Waals surface area contributed by atoms with E-state index in [4.69, 9.17) is 42.8 Å². The van der Waals surface area contributed by atoms with Crippen LogP contribution in [0.15, 0.2) is 83.0 Å². The van der Waals surface area contributed by atoms with E-state index in [1.54, 1.807) is 36.4 Å². The van der Waals surface area contributed by atoms with Gasteiger partial charge in [-0.05, 0) is 59.8 Å². The summed E-state index contributed by atoms with van der Waals surface area (Å²) < 4.78 is 108. The first-order chi connectivity index (χ1) is 31.2. The summed E-state index contributed by atoms with van der Waals surface area (Å²) in [5.41, 5.74) is 4.96. The predicted molar refractivity (Wildman–Crippen MR) is 230 cm³/mol. The van der Waals surface area contributed by atoms with Gasteiger partial charge in [0.15, 0.2) is 36.3 Å². The molecule has 0 bridgehead atoms. The molecule has 0 radical (unpaired) electrons. The predicted octanol–water partition coefficient (Wildman–Crippen LogP) is 5.31. The molecule has 0 spiro atoms. The lowest BCUT2D eigenvalue weighted by atomic mass is 10.1. The lowest BCUT2D eigenvalue weighted by Crippen LogP contribution is -2.38. The van der Waals surface area contributed by atoms with Crippen molar-refractivity contribution >= 4 is 49.0 Å². The summed E-state index contributed by atoms with van der Waals surface area (Å²) in [6.07, 6.45) is -7.84. The van der Waals surface area contributed by atoms with Crippen molar-refractivity contribution in [2.45, 2.75) is 87.6 Å². The van der Waals surface area contributed by atoms with Crippen LogP contribution in [-0.4, -0.2) is 91.6 Å². The average Bonchev–Trinajstić information content (AvgIpc) is 3.94. The Labute approximate surface area is 377 Å². The molecule has 2 aromatic carbocycles. The molecular formula is C39H46F2N8O14P2S. The Morgan fingerprint density at radius 3 is 2.26 bits per heavy atom. The molecule has 22 nitrogen and oxygen atoms in total. The summed E-state index contributed by atoms with van der Waals surface area (Å²) in [5, 5.41) is 0. The lowest BCUT2D eigenvalue weighted by Gasteiger charge is -2.32. The van der Waals surface area contributed by atoms with E-state index in [1.165, 1.54) is 12.1 Å². The van der Waals surface area contributed by atoms with Crippen molar-refractivity contribution in [1.29, 1.82) is 0 Å². The van der Waals surface area contributed by atoms with Crippen LogP contribution in [0.5, 0.6) is 11.5 Å². The second-order valence-corrected chi connectivity index (χ2v) is 20.4. The number of ether oxygens (including phenoxy) is 4. The first-order valence-electron chi connectivity index (χ1n) is 20.3. The molecule has 10 atom stereocenters. The van der Waals surface area contributed by atoms with Gasteiger partial charge in [0.1, 0.15) is 47.8 Å². The zero-order chi connectivity index (χ0) is 45.9. The van der Waals surface area contributed by atoms with Crippen molar-refractivity contribution in [2.75, 3.05) is 25.6 Å². The van der Waals surface area contributed by atoms with Crippen LogP contribution in [0.3, 0.4) is 0 Å². The number of nitrogens with one attached hydrogen (secondary N) is 1. The van der Waals surface area contributed by atoms with Gasteiger partial charge in [0, 0.05) is 18.0 Å². The molecule has 0 amide bonds. The van der Waals surface area contributed by atoms with Crippen LogP contribution < -0.4 is 37.5 Å². The standard InChI is InChI=1S/C39H43F2N7O14P2S.H3N/c1-2-3-4-5-16-55-24-12-8-23(9-13-24)38(50)58-25-10-6-22(7-11-25)19-65-64(54)57-18-27-32(29(40)37(60-27)48-21-45-31-34(42)43-20-44-35(31)48)61-63(52,53)56-17-26-33(62-64)30(41)36(59-26)47-15-14-28(49)46-39(47)51;/h6-15,20-21,26-27,29-30,32-33,36-37H,2-5,16-19H2,1H3,(H,52,53)(H2,42,43,44)(H,46,49,51);1H3/t26-,27-,29-,30-,32-,33-,36-,37-,64?;/m1./s1. The number of quaternary nitrogens is 1. The minimum Gasteiger partial charge on any atom is -0.756 e. The van der Waals surface area contributed by atoms with Crippen molar-refractivity contribution < 1.29 is 64.6 Å². The van der Waals surface area contributed by atoms with Crippen LogP contribution in [0.2, 0.25) is 0 Å². The van der Waals surface area contributed by atoms with E-state index in [0.717, 1.165) is 55.2 Å². The number of hydrogen-bond donors (Lipinski definition) is 3. The third-order valence-corrected chi connectivity index (χ3v) is 15.1. The number of halogens is 2. The maximum atomic E-state index is 16.5. The molecule has 8 rings (SSSR count). The average molecular weight is 983 g/mol. The van der Waals surface area contributed by atoms with Crippen LogP contribution in [0.4, 0.5) is 14.6 Å². The summed E-state index contributed by atoms with van der Waals surface area (Å²) in [6.45, 7) is -3.82. The molecule has 2 unspecified atom stereocenters. The van der Waals surface area contributed by atoms with E-state index in [0.29, 0.717) is 33.9 Å². The molecule has 7 N–H and O–H groups in total. The first-order valence-corrected chi connectivity index (χ1v) is 24.9. The normalized spacial score (nSPS) is 28.9. The van der Waals surface area contributed by atoms with Gasteiger partial charge in [0.05, 0.1) is 31.7 Å². The van der Waals surface area contributed by atoms with Crippen LogP contribution in [0.25, 0.3) is 11.2 Å². The smallest absolute Gasteiger partial charge is 0.389 e. The minimum absolute atomic E-state index is 0. The van der Waals surface area contributed by atoms with Crippen molar-refractivity contribution in [3.8, 4) is 11.5 Å². The molecule has 5 aromatic rings. The van der Waals surface area contributed by atoms with Crippen LogP contribution >= 0.6 is 26.0 Å². The number of H-pyrrole nitrogens is 1. The molecule has 3 saturated heterocycles. The van der Waals surface area contributed by atoms with E-state index in [-0.39, 0.29) is 40.2 Å². The summed E-state index contributed by atoms with van der Waals surface area (Å²) in [7, 11) is -5.49. The molecule has 3 fully saturated rings. The fourth-order valence-electron chi connectivity index (χ4n) is 7.18. The topological polar surface area (TPSA) is 309 Å². The second-order valence-electron chi connectivity index (χ2n) is 15.0. The van der Waals surface area contributed by atoms with Gasteiger partial charge in [0.2, 0.25) is 0 Å². The fourth-order valence-corrected chi connectivity index (χ4v) is 11.5. The van der Waals surface area contributed by atoms with E-state index in [2.05, 4.69) is 21.9 Å². The molecule has 356 valence electrons. The number of carbonyl (C=O) groups excluding carboxylic acids is 1. The molecule has 3 aliphatic rings. The van der Waals surface area contributed by atoms with Gasteiger partial charge in [-0.25, -0.2) is 37.9 Å². The van der Waals surface area contributed by atoms with Crippen molar-refractivity contribution in [2.24, 2.45) is 0 Å². The number of hydrogen-bond acceptors (Lipinski definition) is 19. The maximum absolute atomic E-state index is 16.5. The summed E-state index contributed by atoms with van der Waals surface area (Å²) in [5.74, 6) is 0.0417. The molecule has 3 aromatic heterocycles. The number of benzene rings is 2. The number of nitrogens with two attached hydrogens (primary N) is 1.